The second kappa shape index (κ2) is 9.89. The first-order chi connectivity index (χ1) is 19.2. The van der Waals surface area contributed by atoms with Gasteiger partial charge in [-0.1, -0.05) is 28.9 Å². The van der Waals surface area contributed by atoms with Crippen LogP contribution in [0.1, 0.15) is 38.5 Å². The molecule has 0 spiro atoms. The van der Waals surface area contributed by atoms with E-state index < -0.39 is 58.8 Å². The van der Waals surface area contributed by atoms with Gasteiger partial charge in [0.05, 0.1) is 10.1 Å². The van der Waals surface area contributed by atoms with E-state index in [1.165, 1.54) is 36.4 Å². The largest absolute Gasteiger partial charge is 0.460 e. The van der Waals surface area contributed by atoms with E-state index in [0.717, 1.165) is 19.3 Å². The Morgan fingerprint density at radius 2 is 1.33 bits per heavy atom. The standard InChI is InChI=1S/C25H25F9O5S3/c26-22(27,24(30,31)32)23(28,29)25(33,34)42(37,38)39-40(9-1-2-10-40)19-7-5-17-14-20(8-6-16(17)13-19)41(35,36)21-12-15-3-4-18(21)11-15/h5-8,13-15,18,21H,1-4,9-12H2. The Kier molecular flexibility index (Phi) is 7.47. The fourth-order valence-corrected chi connectivity index (χ4v) is 14.1. The Morgan fingerprint density at radius 1 is 0.738 bits per heavy atom. The number of hydrogen-bond donors (Lipinski definition) is 0. The number of benzene rings is 2. The number of alkyl halides is 9. The third-order valence-corrected chi connectivity index (χ3v) is 16.4. The summed E-state index contributed by atoms with van der Waals surface area (Å²) in [5.74, 6) is -14.9. The first kappa shape index (κ1) is 31.7. The zero-order valence-electron chi connectivity index (χ0n) is 21.5. The van der Waals surface area contributed by atoms with Crippen LogP contribution in [-0.2, 0) is 23.6 Å². The highest BCUT2D eigenvalue weighted by Crippen LogP contribution is 2.65. The van der Waals surface area contributed by atoms with Gasteiger partial charge in [0.15, 0.2) is 9.84 Å². The first-order valence-electron chi connectivity index (χ1n) is 12.9. The molecule has 0 aromatic heterocycles. The van der Waals surface area contributed by atoms with Crippen molar-refractivity contribution < 1.29 is 60.0 Å². The van der Waals surface area contributed by atoms with Gasteiger partial charge >= 0.3 is 33.4 Å². The third kappa shape index (κ3) is 4.71. The minimum Gasteiger partial charge on any atom is -0.223 e. The van der Waals surface area contributed by atoms with Crippen LogP contribution in [0.25, 0.3) is 10.8 Å². The Hall–Kier alpha value is -1.72. The van der Waals surface area contributed by atoms with Crippen molar-refractivity contribution in [1.29, 1.82) is 0 Å². The van der Waals surface area contributed by atoms with Crippen molar-refractivity contribution in [1.82, 2.24) is 0 Å². The topological polar surface area (TPSA) is 77.5 Å². The van der Waals surface area contributed by atoms with Gasteiger partial charge in [-0.15, -0.1) is 0 Å². The molecule has 3 aliphatic rings. The zero-order chi connectivity index (χ0) is 31.1. The summed E-state index contributed by atoms with van der Waals surface area (Å²) in [4.78, 5) is 0.0102. The normalized spacial score (nSPS) is 26.2. The van der Waals surface area contributed by atoms with Crippen LogP contribution in [0.2, 0.25) is 0 Å². The van der Waals surface area contributed by atoms with Crippen LogP contribution in [0, 0.1) is 11.8 Å². The van der Waals surface area contributed by atoms with Crippen molar-refractivity contribution in [2.24, 2.45) is 11.8 Å². The highest BCUT2D eigenvalue weighted by Gasteiger charge is 2.86. The van der Waals surface area contributed by atoms with Crippen LogP contribution in [0.3, 0.4) is 0 Å². The van der Waals surface area contributed by atoms with Gasteiger partial charge in [0, 0.05) is 16.4 Å². The monoisotopic (exact) mass is 672 g/mol. The van der Waals surface area contributed by atoms with Crippen molar-refractivity contribution in [2.45, 2.75) is 76.8 Å². The lowest BCUT2D eigenvalue weighted by Crippen LogP contribution is -2.63. The Balaban J connectivity index is 1.48. The van der Waals surface area contributed by atoms with Crippen LogP contribution >= 0.6 is 10.3 Å². The van der Waals surface area contributed by atoms with Crippen molar-refractivity contribution in [3.8, 4) is 0 Å². The molecule has 1 heterocycles. The molecule has 5 rings (SSSR count). The molecule has 2 bridgehead atoms. The second-order valence-corrected chi connectivity index (χ2v) is 18.1. The molecule has 2 saturated carbocycles. The Bertz CT molecular complexity index is 1600. The molecule has 42 heavy (non-hydrogen) atoms. The highest BCUT2D eigenvalue weighted by molar-refractivity contribution is 8.33. The van der Waals surface area contributed by atoms with Crippen LogP contribution in [-0.4, -0.2) is 56.9 Å². The predicted octanol–water partition coefficient (Wildman–Crippen LogP) is 7.45. The Labute approximate surface area is 237 Å². The van der Waals surface area contributed by atoms with Crippen molar-refractivity contribution in [3.63, 3.8) is 0 Å². The molecule has 3 fully saturated rings. The summed E-state index contributed by atoms with van der Waals surface area (Å²) >= 11 is 0. The molecule has 2 aromatic rings. The molecule has 17 heteroatoms. The molecule has 3 atom stereocenters. The summed E-state index contributed by atoms with van der Waals surface area (Å²) in [5, 5.41) is -6.76. The quantitative estimate of drug-likeness (QED) is 0.273. The summed E-state index contributed by atoms with van der Waals surface area (Å²) in [6.07, 6.45) is -3.59. The lowest BCUT2D eigenvalue weighted by Gasteiger charge is -2.38. The van der Waals surface area contributed by atoms with Gasteiger partial charge in [-0.2, -0.15) is 47.9 Å². The first-order valence-corrected chi connectivity index (χ1v) is 17.7. The third-order valence-electron chi connectivity index (χ3n) is 8.46. The molecule has 1 aliphatic heterocycles. The molecule has 3 unspecified atom stereocenters. The van der Waals surface area contributed by atoms with Gasteiger partial charge < -0.3 is 0 Å². The average molecular weight is 673 g/mol. The molecule has 0 amide bonds. The van der Waals surface area contributed by atoms with Gasteiger partial charge in [0.1, 0.15) is 0 Å². The average Bonchev–Trinajstić information content (AvgIpc) is 3.65. The van der Waals surface area contributed by atoms with E-state index in [4.69, 9.17) is 0 Å². The van der Waals surface area contributed by atoms with Gasteiger partial charge in [0.25, 0.3) is 0 Å². The number of sulfone groups is 1. The van der Waals surface area contributed by atoms with E-state index >= 15 is 0 Å². The molecule has 236 valence electrons. The Morgan fingerprint density at radius 3 is 1.88 bits per heavy atom. The zero-order valence-corrected chi connectivity index (χ0v) is 24.0. The molecule has 0 radical (unpaired) electrons. The smallest absolute Gasteiger partial charge is 0.223 e. The van der Waals surface area contributed by atoms with Gasteiger partial charge in [-0.3, -0.25) is 0 Å². The van der Waals surface area contributed by atoms with E-state index in [1.54, 1.807) is 0 Å². The van der Waals surface area contributed by atoms with Crippen LogP contribution < -0.4 is 0 Å². The number of fused-ring (bicyclic) bond motifs is 3. The second-order valence-electron chi connectivity index (χ2n) is 11.0. The summed E-state index contributed by atoms with van der Waals surface area (Å²) < 4.78 is 177. The van der Waals surface area contributed by atoms with Gasteiger partial charge in [0.2, 0.25) is 0 Å². The minimum absolute atomic E-state index is 0.0542. The number of rotatable bonds is 8. The minimum atomic E-state index is -7.39. The van der Waals surface area contributed by atoms with Gasteiger partial charge in [-0.05, 0) is 79.0 Å². The SMILES string of the molecule is O=S(=O)(c1ccc2cc(S3(OS(=O)(=O)C(F)(F)C(F)(F)C(F)(F)C(F)(F)F)CCCC3)ccc2c1)C1CC2CCC1C2. The van der Waals surface area contributed by atoms with Gasteiger partial charge in [-0.25, -0.2) is 12.0 Å². The summed E-state index contributed by atoms with van der Waals surface area (Å²) in [7, 11) is -14.1. The maximum Gasteiger partial charge on any atom is 0.460 e. The van der Waals surface area contributed by atoms with Crippen LogP contribution in [0.4, 0.5) is 39.5 Å². The molecule has 1 saturated heterocycles. The summed E-state index contributed by atoms with van der Waals surface area (Å²) in [5.41, 5.74) is 0. The molecular weight excluding hydrogens is 647 g/mol. The highest BCUT2D eigenvalue weighted by atomic mass is 32.3. The van der Waals surface area contributed by atoms with E-state index in [-0.39, 0.29) is 40.1 Å². The van der Waals surface area contributed by atoms with Crippen molar-refractivity contribution in [3.05, 3.63) is 36.4 Å². The fourth-order valence-electron chi connectivity index (χ4n) is 6.20. The van der Waals surface area contributed by atoms with Crippen molar-refractivity contribution in [2.75, 3.05) is 11.5 Å². The lowest BCUT2D eigenvalue weighted by molar-refractivity contribution is -0.382. The summed E-state index contributed by atoms with van der Waals surface area (Å²) in [6, 6.07) is 8.03. The summed E-state index contributed by atoms with van der Waals surface area (Å²) in [6.45, 7) is 0. The van der Waals surface area contributed by atoms with Crippen LogP contribution in [0.15, 0.2) is 46.2 Å². The van der Waals surface area contributed by atoms with E-state index in [9.17, 15) is 56.3 Å². The predicted molar refractivity (Wildman–Crippen MR) is 136 cm³/mol. The number of hydrogen-bond acceptors (Lipinski definition) is 5. The molecule has 0 N–H and O–H groups in total. The molecule has 5 nitrogen and oxygen atoms in total. The van der Waals surface area contributed by atoms with E-state index in [1.807, 2.05) is 0 Å². The van der Waals surface area contributed by atoms with Crippen LogP contribution in [0.5, 0.6) is 0 Å². The van der Waals surface area contributed by atoms with E-state index in [2.05, 4.69) is 3.63 Å². The maximum atomic E-state index is 14.5. The van der Waals surface area contributed by atoms with E-state index in [0.29, 0.717) is 23.1 Å². The molecule has 2 aromatic carbocycles. The number of halogens is 9. The lowest BCUT2D eigenvalue weighted by atomic mass is 10.0. The molecule has 2 aliphatic carbocycles. The maximum absolute atomic E-state index is 14.5. The fraction of sp³-hybridized carbons (Fsp3) is 0.600. The molecular formula is C25H25F9O5S3. The van der Waals surface area contributed by atoms with Crippen molar-refractivity contribution >= 4 is 41.0 Å².